The van der Waals surface area contributed by atoms with Crippen LogP contribution in [0.5, 0.6) is 0 Å². The molecule has 0 spiro atoms. The SMILES string of the molecule is c1ccc(-c2ccc3c4ccccc4c4ccc(-c5ccccc5-c5cccc(-c6cc(-c7ccncc7)cc(-c7ccncc7)c6)c5)cc4c3c2)cc1. The molecule has 0 atom stereocenters. The van der Waals surface area contributed by atoms with E-state index in [-0.39, 0.29) is 0 Å². The van der Waals surface area contributed by atoms with E-state index in [4.69, 9.17) is 0 Å². The number of nitrogens with zero attached hydrogens (tertiary/aromatic N) is 2. The van der Waals surface area contributed by atoms with Crippen molar-refractivity contribution in [3.63, 3.8) is 0 Å². The van der Waals surface area contributed by atoms with Gasteiger partial charge in [0.15, 0.2) is 0 Å². The van der Waals surface area contributed by atoms with Crippen LogP contribution in [0.15, 0.2) is 207 Å². The van der Waals surface area contributed by atoms with Crippen molar-refractivity contribution in [2.24, 2.45) is 0 Å². The highest BCUT2D eigenvalue weighted by Gasteiger charge is 2.15. The molecule has 2 aromatic heterocycles. The van der Waals surface area contributed by atoms with Crippen LogP contribution in [-0.4, -0.2) is 9.97 Å². The summed E-state index contributed by atoms with van der Waals surface area (Å²) in [5.74, 6) is 0. The maximum Gasteiger partial charge on any atom is 0.0273 e. The van der Waals surface area contributed by atoms with E-state index in [0.717, 1.165) is 33.4 Å². The average molecular weight is 687 g/mol. The lowest BCUT2D eigenvalue weighted by atomic mass is 9.88. The van der Waals surface area contributed by atoms with Crippen LogP contribution in [-0.2, 0) is 0 Å². The first-order valence-electron chi connectivity index (χ1n) is 18.4. The summed E-state index contributed by atoms with van der Waals surface area (Å²) in [6.07, 6.45) is 7.41. The highest BCUT2D eigenvalue weighted by Crippen LogP contribution is 2.41. The molecule has 2 heterocycles. The molecule has 8 aromatic carbocycles. The lowest BCUT2D eigenvalue weighted by Crippen LogP contribution is -1.89. The van der Waals surface area contributed by atoms with E-state index in [1.54, 1.807) is 0 Å². The third kappa shape index (κ3) is 5.71. The molecule has 252 valence electrons. The smallest absolute Gasteiger partial charge is 0.0273 e. The molecule has 54 heavy (non-hydrogen) atoms. The molecule has 10 aromatic rings. The third-order valence-corrected chi connectivity index (χ3v) is 10.6. The molecule has 2 nitrogen and oxygen atoms in total. The average Bonchev–Trinajstić information content (AvgIpc) is 3.27. The first-order valence-corrected chi connectivity index (χ1v) is 18.4. The molecular formula is C52H34N2. The minimum Gasteiger partial charge on any atom is -0.265 e. The number of rotatable bonds is 6. The van der Waals surface area contributed by atoms with Crippen molar-refractivity contribution in [2.45, 2.75) is 0 Å². The molecule has 0 unspecified atom stereocenters. The molecule has 0 aliphatic carbocycles. The first-order chi connectivity index (χ1) is 26.8. The van der Waals surface area contributed by atoms with Gasteiger partial charge in [-0.05, 0) is 160 Å². The zero-order valence-electron chi connectivity index (χ0n) is 29.5. The Morgan fingerprint density at radius 1 is 0.204 bits per heavy atom. The van der Waals surface area contributed by atoms with E-state index in [1.165, 1.54) is 65.7 Å². The fraction of sp³-hybridized carbons (Fsp3) is 0. The van der Waals surface area contributed by atoms with Gasteiger partial charge in [-0.15, -0.1) is 0 Å². The summed E-state index contributed by atoms with van der Waals surface area (Å²) in [6, 6.07) is 66.3. The summed E-state index contributed by atoms with van der Waals surface area (Å²) in [5.41, 5.74) is 14.1. The minimum absolute atomic E-state index is 1.14. The minimum atomic E-state index is 1.14. The number of fused-ring (bicyclic) bond motifs is 6. The summed E-state index contributed by atoms with van der Waals surface area (Å²) in [6.45, 7) is 0. The quantitative estimate of drug-likeness (QED) is 0.163. The Balaban J connectivity index is 1.13. The number of benzene rings is 8. The molecule has 0 N–H and O–H groups in total. The van der Waals surface area contributed by atoms with Gasteiger partial charge >= 0.3 is 0 Å². The summed E-state index contributed by atoms with van der Waals surface area (Å²) in [7, 11) is 0. The molecule has 0 aliphatic rings. The van der Waals surface area contributed by atoms with E-state index in [1.807, 2.05) is 24.8 Å². The van der Waals surface area contributed by atoms with Crippen LogP contribution in [0.3, 0.4) is 0 Å². The standard InChI is InChI=1S/C52H34N2/c1-2-9-35(10-3-1)39-17-19-49-47-15-6-7-16-48(47)50-20-18-41(34-52(50)51(49)33-39)46-14-5-4-13-45(46)40-12-8-11-38(29-40)44-31-42(36-21-25-53-26-22-36)30-43(32-44)37-23-27-54-28-24-37/h1-34H. The van der Waals surface area contributed by atoms with Gasteiger partial charge in [0.2, 0.25) is 0 Å². The van der Waals surface area contributed by atoms with Crippen LogP contribution in [0.25, 0.3) is 99.1 Å². The molecule has 10 rings (SSSR count). The maximum absolute atomic E-state index is 4.26. The van der Waals surface area contributed by atoms with E-state index in [0.29, 0.717) is 0 Å². The van der Waals surface area contributed by atoms with E-state index in [2.05, 4.69) is 192 Å². The number of pyridine rings is 2. The Kier molecular flexibility index (Phi) is 7.85. The van der Waals surface area contributed by atoms with Crippen molar-refractivity contribution in [1.29, 1.82) is 0 Å². The fourth-order valence-electron chi connectivity index (χ4n) is 8.00. The highest BCUT2D eigenvalue weighted by atomic mass is 14.6. The van der Waals surface area contributed by atoms with E-state index >= 15 is 0 Å². The number of hydrogen-bond donors (Lipinski definition) is 0. The van der Waals surface area contributed by atoms with Gasteiger partial charge in [-0.1, -0.05) is 121 Å². The molecule has 0 saturated carbocycles. The van der Waals surface area contributed by atoms with Gasteiger partial charge in [0.25, 0.3) is 0 Å². The zero-order chi connectivity index (χ0) is 35.8. The van der Waals surface area contributed by atoms with Crippen molar-refractivity contribution in [1.82, 2.24) is 9.97 Å². The van der Waals surface area contributed by atoms with Crippen LogP contribution < -0.4 is 0 Å². The van der Waals surface area contributed by atoms with E-state index < -0.39 is 0 Å². The monoisotopic (exact) mass is 686 g/mol. The lowest BCUT2D eigenvalue weighted by Gasteiger charge is -2.16. The predicted molar refractivity (Wildman–Crippen MR) is 227 cm³/mol. The Bertz CT molecular complexity index is 2910. The van der Waals surface area contributed by atoms with Crippen molar-refractivity contribution in [3.8, 4) is 66.8 Å². The zero-order valence-corrected chi connectivity index (χ0v) is 29.5. The summed E-state index contributed by atoms with van der Waals surface area (Å²) in [5, 5.41) is 7.64. The van der Waals surface area contributed by atoms with Crippen LogP contribution >= 0.6 is 0 Å². The molecule has 0 bridgehead atoms. The number of hydrogen-bond acceptors (Lipinski definition) is 2. The molecule has 0 aliphatic heterocycles. The summed E-state index contributed by atoms with van der Waals surface area (Å²) < 4.78 is 0. The van der Waals surface area contributed by atoms with Crippen molar-refractivity contribution in [3.05, 3.63) is 207 Å². The van der Waals surface area contributed by atoms with Crippen molar-refractivity contribution < 1.29 is 0 Å². The second-order valence-electron chi connectivity index (χ2n) is 13.8. The van der Waals surface area contributed by atoms with Gasteiger partial charge in [-0.2, -0.15) is 0 Å². The van der Waals surface area contributed by atoms with Crippen LogP contribution in [0.4, 0.5) is 0 Å². The van der Waals surface area contributed by atoms with Gasteiger partial charge in [-0.3, -0.25) is 9.97 Å². The second-order valence-corrected chi connectivity index (χ2v) is 13.8. The van der Waals surface area contributed by atoms with Gasteiger partial charge in [0.1, 0.15) is 0 Å². The summed E-state index contributed by atoms with van der Waals surface area (Å²) >= 11 is 0. The van der Waals surface area contributed by atoms with Gasteiger partial charge in [0.05, 0.1) is 0 Å². The van der Waals surface area contributed by atoms with Crippen molar-refractivity contribution in [2.75, 3.05) is 0 Å². The Labute approximate surface area is 314 Å². The lowest BCUT2D eigenvalue weighted by molar-refractivity contribution is 1.33. The Morgan fingerprint density at radius 2 is 0.574 bits per heavy atom. The Morgan fingerprint density at radius 3 is 1.17 bits per heavy atom. The van der Waals surface area contributed by atoms with Crippen LogP contribution in [0, 0.1) is 0 Å². The summed E-state index contributed by atoms with van der Waals surface area (Å²) in [4.78, 5) is 8.53. The van der Waals surface area contributed by atoms with Crippen LogP contribution in [0.2, 0.25) is 0 Å². The molecule has 0 fully saturated rings. The van der Waals surface area contributed by atoms with Gasteiger partial charge < -0.3 is 0 Å². The van der Waals surface area contributed by atoms with Crippen molar-refractivity contribution >= 4 is 32.3 Å². The van der Waals surface area contributed by atoms with Gasteiger partial charge in [0, 0.05) is 24.8 Å². The molecule has 0 radical (unpaired) electrons. The fourth-order valence-corrected chi connectivity index (χ4v) is 8.00. The molecule has 0 amide bonds. The maximum atomic E-state index is 4.26. The molecule has 0 saturated heterocycles. The highest BCUT2D eigenvalue weighted by molar-refractivity contribution is 6.26. The normalized spacial score (nSPS) is 11.3. The Hall–Kier alpha value is -7.16. The first kappa shape index (κ1) is 31.6. The third-order valence-electron chi connectivity index (χ3n) is 10.6. The molecule has 2 heteroatoms. The topological polar surface area (TPSA) is 25.8 Å². The largest absolute Gasteiger partial charge is 0.265 e. The molecular weight excluding hydrogens is 653 g/mol. The van der Waals surface area contributed by atoms with Gasteiger partial charge in [-0.25, -0.2) is 0 Å². The predicted octanol–water partition coefficient (Wildman–Crippen LogP) is 13.9. The second kappa shape index (κ2) is 13.4. The van der Waals surface area contributed by atoms with E-state index in [9.17, 15) is 0 Å². The van der Waals surface area contributed by atoms with Crippen LogP contribution in [0.1, 0.15) is 0 Å². The number of aromatic nitrogens is 2.